The molecule has 0 radical (unpaired) electrons. The van der Waals surface area contributed by atoms with Crippen LogP contribution in [-0.2, 0) is 4.79 Å². The van der Waals surface area contributed by atoms with Crippen LogP contribution in [0.1, 0.15) is 27.7 Å². The van der Waals surface area contributed by atoms with Crippen molar-refractivity contribution < 1.29 is 14.7 Å². The normalized spacial score (nSPS) is 24.2. The minimum atomic E-state index is -0.965. The largest absolute Gasteiger partial charge is 0.480 e. The Hall–Kier alpha value is -1.26. The number of hydrogen-bond donors (Lipinski definition) is 1. The predicted molar refractivity (Wildman–Crippen MR) is 64.8 cm³/mol. The molecule has 1 rings (SSSR count). The van der Waals surface area contributed by atoms with Gasteiger partial charge in [-0.1, -0.05) is 13.8 Å². The predicted octanol–water partition coefficient (Wildman–Crippen LogP) is 1.49. The number of nitrogens with zero attached hydrogens (tertiary/aromatic N) is 2. The van der Waals surface area contributed by atoms with Gasteiger partial charge in [-0.3, -0.25) is 4.79 Å². The van der Waals surface area contributed by atoms with Crippen molar-refractivity contribution in [1.29, 1.82) is 0 Å². The van der Waals surface area contributed by atoms with Crippen LogP contribution in [0, 0.1) is 11.8 Å². The number of carboxylic acids is 1. The molecule has 5 heteroatoms. The van der Waals surface area contributed by atoms with E-state index < -0.39 is 5.97 Å². The monoisotopic (exact) mass is 242 g/mol. The summed E-state index contributed by atoms with van der Waals surface area (Å²) < 4.78 is 0. The number of likely N-dealkylation sites (tertiary alicyclic amines) is 1. The van der Waals surface area contributed by atoms with Gasteiger partial charge in [0.05, 0.1) is 0 Å². The minimum Gasteiger partial charge on any atom is -0.480 e. The number of urea groups is 1. The third kappa shape index (κ3) is 3.35. The average Bonchev–Trinajstić information content (AvgIpc) is 2.54. The number of carbonyl (C=O) groups excluding carboxylic acids is 1. The van der Waals surface area contributed by atoms with Gasteiger partial charge in [-0.2, -0.15) is 0 Å². The van der Waals surface area contributed by atoms with Crippen LogP contribution in [0.4, 0.5) is 4.79 Å². The van der Waals surface area contributed by atoms with Gasteiger partial charge < -0.3 is 14.9 Å². The van der Waals surface area contributed by atoms with E-state index in [-0.39, 0.29) is 18.6 Å². The van der Waals surface area contributed by atoms with Crippen molar-refractivity contribution in [2.24, 2.45) is 11.8 Å². The van der Waals surface area contributed by atoms with E-state index in [1.54, 1.807) is 4.90 Å². The van der Waals surface area contributed by atoms with Gasteiger partial charge in [0.1, 0.15) is 6.54 Å². The molecule has 5 nitrogen and oxygen atoms in total. The Morgan fingerprint density at radius 3 is 2.12 bits per heavy atom. The first-order valence-electron chi connectivity index (χ1n) is 6.10. The van der Waals surface area contributed by atoms with E-state index in [4.69, 9.17) is 5.11 Å². The summed E-state index contributed by atoms with van der Waals surface area (Å²) in [5.74, 6) is 0.00271. The summed E-state index contributed by atoms with van der Waals surface area (Å²) in [5.41, 5.74) is 0. The maximum atomic E-state index is 12.2. The first kappa shape index (κ1) is 13.8. The molecule has 0 aromatic carbocycles. The number of rotatable bonds is 3. The fourth-order valence-corrected chi connectivity index (χ4v) is 2.08. The van der Waals surface area contributed by atoms with E-state index in [9.17, 15) is 9.59 Å². The maximum Gasteiger partial charge on any atom is 0.323 e. The zero-order valence-electron chi connectivity index (χ0n) is 11.0. The standard InChI is InChI=1S/C12H22N2O3/c1-8(2)14(7-11(15)16)12(17)13-5-9(3)10(4)6-13/h8-10H,5-7H2,1-4H3,(H,15,16). The summed E-state index contributed by atoms with van der Waals surface area (Å²) in [6, 6.07) is -0.247. The molecular weight excluding hydrogens is 220 g/mol. The third-order valence-corrected chi connectivity index (χ3v) is 3.43. The smallest absolute Gasteiger partial charge is 0.323 e. The van der Waals surface area contributed by atoms with Crippen molar-refractivity contribution in [2.75, 3.05) is 19.6 Å². The van der Waals surface area contributed by atoms with Crippen LogP contribution in [0.25, 0.3) is 0 Å². The molecule has 2 amide bonds. The van der Waals surface area contributed by atoms with Crippen LogP contribution in [0.3, 0.4) is 0 Å². The molecule has 0 saturated carbocycles. The van der Waals surface area contributed by atoms with Crippen molar-refractivity contribution in [3.05, 3.63) is 0 Å². The van der Waals surface area contributed by atoms with Gasteiger partial charge in [-0.05, 0) is 25.7 Å². The van der Waals surface area contributed by atoms with E-state index in [2.05, 4.69) is 13.8 Å². The molecule has 17 heavy (non-hydrogen) atoms. The van der Waals surface area contributed by atoms with Crippen LogP contribution >= 0.6 is 0 Å². The van der Waals surface area contributed by atoms with E-state index in [1.165, 1.54) is 4.90 Å². The van der Waals surface area contributed by atoms with Crippen LogP contribution in [0.15, 0.2) is 0 Å². The van der Waals surface area contributed by atoms with Gasteiger partial charge in [0, 0.05) is 19.1 Å². The van der Waals surface area contributed by atoms with Crippen LogP contribution < -0.4 is 0 Å². The molecule has 0 aromatic heterocycles. The second kappa shape index (κ2) is 5.38. The van der Waals surface area contributed by atoms with Crippen LogP contribution in [-0.4, -0.2) is 52.6 Å². The van der Waals surface area contributed by atoms with Gasteiger partial charge in [0.15, 0.2) is 0 Å². The first-order valence-corrected chi connectivity index (χ1v) is 6.10. The second-order valence-electron chi connectivity index (χ2n) is 5.26. The maximum absolute atomic E-state index is 12.2. The molecule has 0 bridgehead atoms. The molecule has 1 fully saturated rings. The molecule has 1 heterocycles. The van der Waals surface area contributed by atoms with Crippen molar-refractivity contribution in [2.45, 2.75) is 33.7 Å². The lowest BCUT2D eigenvalue weighted by Gasteiger charge is -2.30. The molecule has 0 aliphatic carbocycles. The Balaban J connectivity index is 2.69. The lowest BCUT2D eigenvalue weighted by Crippen LogP contribution is -2.47. The number of carbonyl (C=O) groups is 2. The van der Waals surface area contributed by atoms with Crippen molar-refractivity contribution in [3.63, 3.8) is 0 Å². The molecule has 2 atom stereocenters. The Morgan fingerprint density at radius 2 is 1.76 bits per heavy atom. The molecular formula is C12H22N2O3. The van der Waals surface area contributed by atoms with E-state index >= 15 is 0 Å². The Bertz CT molecular complexity index is 294. The highest BCUT2D eigenvalue weighted by molar-refractivity contribution is 5.80. The summed E-state index contributed by atoms with van der Waals surface area (Å²) in [6.07, 6.45) is 0. The summed E-state index contributed by atoms with van der Waals surface area (Å²) >= 11 is 0. The second-order valence-corrected chi connectivity index (χ2v) is 5.26. The Labute approximate surface area is 102 Å². The number of hydrogen-bond acceptors (Lipinski definition) is 2. The zero-order valence-corrected chi connectivity index (χ0v) is 11.0. The molecule has 1 aliphatic rings. The molecule has 0 aromatic rings. The number of amides is 2. The van der Waals surface area contributed by atoms with E-state index in [0.717, 1.165) is 13.1 Å². The Kier molecular flexibility index (Phi) is 4.37. The molecule has 2 unspecified atom stereocenters. The Morgan fingerprint density at radius 1 is 1.29 bits per heavy atom. The van der Waals surface area contributed by atoms with Crippen molar-refractivity contribution >= 4 is 12.0 Å². The van der Waals surface area contributed by atoms with E-state index in [0.29, 0.717) is 11.8 Å². The van der Waals surface area contributed by atoms with Gasteiger partial charge in [-0.15, -0.1) is 0 Å². The fourth-order valence-electron chi connectivity index (χ4n) is 2.08. The van der Waals surface area contributed by atoms with Gasteiger partial charge in [0.25, 0.3) is 0 Å². The SMILES string of the molecule is CC1CN(C(=O)N(CC(=O)O)C(C)C)CC1C. The minimum absolute atomic E-state index is 0.0928. The van der Waals surface area contributed by atoms with E-state index in [1.807, 2.05) is 13.8 Å². The average molecular weight is 242 g/mol. The molecule has 1 N–H and O–H groups in total. The van der Waals surface area contributed by atoms with Crippen molar-refractivity contribution in [3.8, 4) is 0 Å². The highest BCUT2D eigenvalue weighted by Crippen LogP contribution is 2.23. The highest BCUT2D eigenvalue weighted by atomic mass is 16.4. The fraction of sp³-hybridized carbons (Fsp3) is 0.833. The number of carboxylic acid groups (broad SMARTS) is 1. The first-order chi connectivity index (χ1) is 7.82. The quantitative estimate of drug-likeness (QED) is 0.815. The lowest BCUT2D eigenvalue weighted by atomic mass is 10.0. The summed E-state index contributed by atoms with van der Waals surface area (Å²) in [6.45, 7) is 9.14. The summed E-state index contributed by atoms with van der Waals surface area (Å²) in [7, 11) is 0. The van der Waals surface area contributed by atoms with Crippen LogP contribution in [0.2, 0.25) is 0 Å². The molecule has 1 saturated heterocycles. The molecule has 0 spiro atoms. The summed E-state index contributed by atoms with van der Waals surface area (Å²) in [4.78, 5) is 26.1. The van der Waals surface area contributed by atoms with Gasteiger partial charge >= 0.3 is 12.0 Å². The zero-order chi connectivity index (χ0) is 13.2. The molecule has 98 valence electrons. The highest BCUT2D eigenvalue weighted by Gasteiger charge is 2.33. The van der Waals surface area contributed by atoms with Gasteiger partial charge in [0.2, 0.25) is 0 Å². The lowest BCUT2D eigenvalue weighted by molar-refractivity contribution is -0.138. The topological polar surface area (TPSA) is 60.9 Å². The van der Waals surface area contributed by atoms with Crippen LogP contribution in [0.5, 0.6) is 0 Å². The summed E-state index contributed by atoms with van der Waals surface area (Å²) in [5, 5.41) is 8.82. The van der Waals surface area contributed by atoms with Gasteiger partial charge in [-0.25, -0.2) is 4.79 Å². The van der Waals surface area contributed by atoms with Crippen molar-refractivity contribution in [1.82, 2.24) is 9.80 Å². The number of aliphatic carboxylic acids is 1. The third-order valence-electron chi connectivity index (χ3n) is 3.43. The molecule has 1 aliphatic heterocycles.